The summed E-state index contributed by atoms with van der Waals surface area (Å²) in [5.74, 6) is 0.629. The summed E-state index contributed by atoms with van der Waals surface area (Å²) in [6, 6.07) is 7.48. The van der Waals surface area contributed by atoms with Gasteiger partial charge in [0.25, 0.3) is 5.89 Å². The molecule has 0 amide bonds. The van der Waals surface area contributed by atoms with Gasteiger partial charge in [0.05, 0.1) is 5.41 Å². The number of aromatic nitrogens is 2. The number of esters is 1. The summed E-state index contributed by atoms with van der Waals surface area (Å²) in [5.41, 5.74) is 0.311. The first-order valence-electron chi connectivity index (χ1n) is 7.88. The van der Waals surface area contributed by atoms with Gasteiger partial charge in [0.1, 0.15) is 0 Å². The Morgan fingerprint density at radius 1 is 1.30 bits per heavy atom. The van der Waals surface area contributed by atoms with E-state index < -0.39 is 5.41 Å². The van der Waals surface area contributed by atoms with Crippen LogP contribution in [0.25, 0.3) is 0 Å². The van der Waals surface area contributed by atoms with Crippen molar-refractivity contribution in [3.63, 3.8) is 0 Å². The zero-order chi connectivity index (χ0) is 16.3. The monoisotopic (exact) mass is 334 g/mol. The van der Waals surface area contributed by atoms with E-state index in [1.165, 1.54) is 0 Å². The highest BCUT2D eigenvalue weighted by atomic mass is 35.5. The maximum atomic E-state index is 12.8. The zero-order valence-corrected chi connectivity index (χ0v) is 13.8. The third-order valence-electron chi connectivity index (χ3n) is 4.36. The molecule has 5 nitrogen and oxygen atoms in total. The first-order chi connectivity index (χ1) is 11.1. The zero-order valence-electron chi connectivity index (χ0n) is 13.0. The van der Waals surface area contributed by atoms with Crippen LogP contribution in [0.1, 0.15) is 50.0 Å². The molecule has 122 valence electrons. The average Bonchev–Trinajstić information content (AvgIpc) is 3.22. The Labute approximate surface area is 140 Å². The number of nitrogens with zero attached hydrogens (tertiary/aromatic N) is 2. The summed E-state index contributed by atoms with van der Waals surface area (Å²) in [7, 11) is 0. The lowest BCUT2D eigenvalue weighted by Crippen LogP contribution is -2.34. The van der Waals surface area contributed by atoms with E-state index in [0.717, 1.165) is 31.2 Å². The van der Waals surface area contributed by atoms with Crippen LogP contribution in [0.2, 0.25) is 5.02 Å². The van der Waals surface area contributed by atoms with Crippen molar-refractivity contribution in [2.24, 2.45) is 0 Å². The predicted octanol–water partition coefficient (Wildman–Crippen LogP) is 3.84. The van der Waals surface area contributed by atoms with Crippen molar-refractivity contribution >= 4 is 17.6 Å². The summed E-state index contributed by atoms with van der Waals surface area (Å²) in [4.78, 5) is 12.8. The van der Waals surface area contributed by atoms with Gasteiger partial charge in [0.2, 0.25) is 5.89 Å². The van der Waals surface area contributed by atoms with Crippen LogP contribution in [0.4, 0.5) is 0 Å². The summed E-state index contributed by atoms with van der Waals surface area (Å²) < 4.78 is 10.9. The second-order valence-electron chi connectivity index (χ2n) is 5.82. The summed E-state index contributed by atoms with van der Waals surface area (Å²) in [6.45, 7) is 1.93. The minimum Gasteiger partial charge on any atom is -0.455 e. The van der Waals surface area contributed by atoms with E-state index in [0.29, 0.717) is 23.2 Å². The molecule has 1 aromatic carbocycles. The molecule has 3 rings (SSSR count). The van der Waals surface area contributed by atoms with Crippen LogP contribution in [0.15, 0.2) is 28.7 Å². The van der Waals surface area contributed by atoms with E-state index in [2.05, 4.69) is 10.2 Å². The van der Waals surface area contributed by atoms with Gasteiger partial charge < -0.3 is 9.15 Å². The van der Waals surface area contributed by atoms with E-state index in [1.807, 2.05) is 31.2 Å². The summed E-state index contributed by atoms with van der Waals surface area (Å²) >= 11 is 6.10. The second kappa shape index (κ2) is 6.71. The van der Waals surface area contributed by atoms with Gasteiger partial charge >= 0.3 is 5.97 Å². The average molecular weight is 335 g/mol. The van der Waals surface area contributed by atoms with Crippen LogP contribution in [0, 0.1) is 0 Å². The highest BCUT2D eigenvalue weighted by molar-refractivity contribution is 6.30. The van der Waals surface area contributed by atoms with E-state index in [9.17, 15) is 4.79 Å². The molecule has 0 unspecified atom stereocenters. The highest BCUT2D eigenvalue weighted by Gasteiger charge is 2.44. The van der Waals surface area contributed by atoms with Crippen LogP contribution in [0.3, 0.4) is 0 Å². The van der Waals surface area contributed by atoms with Crippen LogP contribution in [-0.2, 0) is 28.0 Å². The van der Waals surface area contributed by atoms with Crippen molar-refractivity contribution in [1.29, 1.82) is 0 Å². The number of aryl methyl sites for hydroxylation is 1. The third-order valence-corrected chi connectivity index (χ3v) is 4.60. The fraction of sp³-hybridized carbons (Fsp3) is 0.471. The minimum atomic E-state index is -0.613. The van der Waals surface area contributed by atoms with E-state index in [4.69, 9.17) is 20.8 Å². The predicted molar refractivity (Wildman–Crippen MR) is 85.1 cm³/mol. The number of carbonyl (C=O) groups excluding carboxylic acids is 1. The molecular weight excluding hydrogens is 316 g/mol. The quantitative estimate of drug-likeness (QED) is 0.777. The molecule has 1 saturated carbocycles. The number of rotatable bonds is 5. The number of carbonyl (C=O) groups is 1. The Morgan fingerprint density at radius 2 is 2.04 bits per heavy atom. The maximum absolute atomic E-state index is 12.8. The molecule has 1 aromatic heterocycles. The molecule has 0 bridgehead atoms. The van der Waals surface area contributed by atoms with E-state index in [-0.39, 0.29) is 12.6 Å². The lowest BCUT2D eigenvalue weighted by Gasteiger charge is -2.27. The molecule has 1 heterocycles. The standard InChI is InChI=1S/C17H19ClN2O3/c1-2-14-19-20-15(23-14)11-22-16(21)17(8-3-4-9-17)12-6-5-7-13(18)10-12/h5-7,10H,2-4,8-9,11H2,1H3. The van der Waals surface area contributed by atoms with Gasteiger partial charge in [-0.3, -0.25) is 4.79 Å². The molecule has 1 fully saturated rings. The Kier molecular flexibility index (Phi) is 4.66. The molecular formula is C17H19ClN2O3. The van der Waals surface area contributed by atoms with Crippen molar-refractivity contribution in [2.75, 3.05) is 0 Å². The summed E-state index contributed by atoms with van der Waals surface area (Å²) in [6.07, 6.45) is 4.21. The highest BCUT2D eigenvalue weighted by Crippen LogP contribution is 2.42. The number of halogens is 1. The van der Waals surface area contributed by atoms with Crippen LogP contribution in [0.5, 0.6) is 0 Å². The molecule has 6 heteroatoms. The normalized spacial score (nSPS) is 16.4. The molecule has 0 N–H and O–H groups in total. The number of hydrogen-bond acceptors (Lipinski definition) is 5. The van der Waals surface area contributed by atoms with Gasteiger partial charge in [0, 0.05) is 11.4 Å². The molecule has 1 aliphatic rings. The molecule has 0 radical (unpaired) electrons. The van der Waals surface area contributed by atoms with Gasteiger partial charge in [-0.15, -0.1) is 10.2 Å². The van der Waals surface area contributed by atoms with Gasteiger partial charge in [0.15, 0.2) is 6.61 Å². The Balaban J connectivity index is 1.76. The molecule has 0 spiro atoms. The molecule has 0 aliphatic heterocycles. The van der Waals surface area contributed by atoms with Crippen molar-refractivity contribution < 1.29 is 13.9 Å². The Morgan fingerprint density at radius 3 is 2.70 bits per heavy atom. The topological polar surface area (TPSA) is 65.2 Å². The number of hydrogen-bond donors (Lipinski definition) is 0. The Hall–Kier alpha value is -1.88. The number of benzene rings is 1. The maximum Gasteiger partial charge on any atom is 0.317 e. The molecule has 2 aromatic rings. The van der Waals surface area contributed by atoms with Crippen molar-refractivity contribution in [1.82, 2.24) is 10.2 Å². The SMILES string of the molecule is CCc1nnc(COC(=O)C2(c3cccc(Cl)c3)CCCC2)o1. The van der Waals surface area contributed by atoms with Crippen molar-refractivity contribution in [3.8, 4) is 0 Å². The third kappa shape index (κ3) is 3.24. The van der Waals surface area contributed by atoms with Crippen molar-refractivity contribution in [2.45, 2.75) is 51.0 Å². The smallest absolute Gasteiger partial charge is 0.317 e. The fourth-order valence-electron chi connectivity index (χ4n) is 3.13. The first-order valence-corrected chi connectivity index (χ1v) is 8.26. The van der Waals surface area contributed by atoms with Gasteiger partial charge in [-0.05, 0) is 30.5 Å². The first kappa shape index (κ1) is 16.0. The molecule has 23 heavy (non-hydrogen) atoms. The van der Waals surface area contributed by atoms with Gasteiger partial charge in [-0.25, -0.2) is 0 Å². The Bertz CT molecular complexity index is 693. The molecule has 1 aliphatic carbocycles. The van der Waals surface area contributed by atoms with Crippen molar-refractivity contribution in [3.05, 3.63) is 46.6 Å². The van der Waals surface area contributed by atoms with Crippen LogP contribution in [-0.4, -0.2) is 16.2 Å². The summed E-state index contributed by atoms with van der Waals surface area (Å²) in [5, 5.41) is 8.38. The largest absolute Gasteiger partial charge is 0.455 e. The van der Waals surface area contributed by atoms with Crippen LogP contribution < -0.4 is 0 Å². The van der Waals surface area contributed by atoms with E-state index >= 15 is 0 Å². The molecule has 0 atom stereocenters. The van der Waals surface area contributed by atoms with Gasteiger partial charge in [-0.2, -0.15) is 0 Å². The van der Waals surface area contributed by atoms with E-state index in [1.54, 1.807) is 0 Å². The lowest BCUT2D eigenvalue weighted by atomic mass is 9.79. The molecule has 0 saturated heterocycles. The minimum absolute atomic E-state index is 0.00808. The van der Waals surface area contributed by atoms with Gasteiger partial charge in [-0.1, -0.05) is 43.5 Å². The number of ether oxygens (including phenoxy) is 1. The second-order valence-corrected chi connectivity index (χ2v) is 6.26. The van der Waals surface area contributed by atoms with Crippen LogP contribution >= 0.6 is 11.6 Å². The lowest BCUT2D eigenvalue weighted by molar-refractivity contribution is -0.152. The fourth-order valence-corrected chi connectivity index (χ4v) is 3.32.